The van der Waals surface area contributed by atoms with E-state index in [1.807, 2.05) is 44.2 Å². The van der Waals surface area contributed by atoms with Crippen molar-refractivity contribution in [2.75, 3.05) is 5.88 Å². The van der Waals surface area contributed by atoms with Gasteiger partial charge in [-0.3, -0.25) is 14.4 Å². The molecule has 9 heteroatoms. The average Bonchev–Trinajstić information content (AvgIpc) is 3.28. The summed E-state index contributed by atoms with van der Waals surface area (Å²) in [5, 5.41) is 27.7. The molecule has 0 unspecified atom stereocenters. The van der Waals surface area contributed by atoms with Gasteiger partial charge in [0, 0.05) is 21.9 Å². The number of nitrogens with one attached hydrogen (secondary N) is 2. The number of hydrogen-bond acceptors (Lipinski definition) is 6. The van der Waals surface area contributed by atoms with E-state index in [4.69, 9.17) is 0 Å². The summed E-state index contributed by atoms with van der Waals surface area (Å²) in [5.41, 5.74) is 1.74. The van der Waals surface area contributed by atoms with Crippen molar-refractivity contribution in [2.45, 2.75) is 103 Å². The standard InChI is InChI=1S/C34H47N3O5S/c1-21-25(13-10-14-27(21)38)30(40)36-26(19-22-11-8-7-9-12-22)28(39)32(42)37-20-43-34(5,6)29(37)31(41)35-24-17-15-23(16-18-24)33(2,3)4/h7-14,23-24,26,28-29,38-39H,15-20H2,1-6H3,(H,35,41)(H,36,40)/t23?,24?,26-,28-,29+/m0/s1. The molecule has 2 fully saturated rings. The monoisotopic (exact) mass is 609 g/mol. The second-order valence-electron chi connectivity index (χ2n) is 13.7. The predicted molar refractivity (Wildman–Crippen MR) is 171 cm³/mol. The van der Waals surface area contributed by atoms with Crippen molar-refractivity contribution in [3.8, 4) is 5.75 Å². The lowest BCUT2D eigenvalue weighted by Gasteiger charge is -2.38. The topological polar surface area (TPSA) is 119 Å². The number of rotatable bonds is 8. The Morgan fingerprint density at radius 1 is 1.02 bits per heavy atom. The molecule has 4 N–H and O–H groups in total. The lowest BCUT2D eigenvalue weighted by molar-refractivity contribution is -0.147. The van der Waals surface area contributed by atoms with Crippen LogP contribution >= 0.6 is 11.8 Å². The van der Waals surface area contributed by atoms with Gasteiger partial charge in [0.15, 0.2) is 6.10 Å². The van der Waals surface area contributed by atoms with Crippen molar-refractivity contribution in [3.05, 3.63) is 65.2 Å². The number of benzene rings is 2. The minimum absolute atomic E-state index is 0.0130. The molecule has 0 spiro atoms. The van der Waals surface area contributed by atoms with Gasteiger partial charge < -0.3 is 25.7 Å². The molecule has 2 aliphatic rings. The van der Waals surface area contributed by atoms with Gasteiger partial charge in [0.25, 0.3) is 11.8 Å². The summed E-state index contributed by atoms with van der Waals surface area (Å²) >= 11 is 1.50. The van der Waals surface area contributed by atoms with E-state index < -0.39 is 34.7 Å². The maximum absolute atomic E-state index is 14.0. The van der Waals surface area contributed by atoms with E-state index in [9.17, 15) is 24.6 Å². The van der Waals surface area contributed by atoms with Gasteiger partial charge in [0.05, 0.1) is 11.9 Å². The summed E-state index contributed by atoms with van der Waals surface area (Å²) in [5.74, 6) is -0.432. The minimum atomic E-state index is -1.59. The molecule has 4 rings (SSSR count). The van der Waals surface area contributed by atoms with Gasteiger partial charge in [-0.25, -0.2) is 0 Å². The van der Waals surface area contributed by atoms with Crippen molar-refractivity contribution >= 4 is 29.5 Å². The highest BCUT2D eigenvalue weighted by molar-refractivity contribution is 8.00. The van der Waals surface area contributed by atoms with Crippen LogP contribution in [0.5, 0.6) is 5.75 Å². The zero-order valence-corrected chi connectivity index (χ0v) is 27.0. The molecule has 1 saturated heterocycles. The summed E-state index contributed by atoms with van der Waals surface area (Å²) in [6.45, 7) is 12.3. The Morgan fingerprint density at radius 2 is 1.67 bits per heavy atom. The molecule has 234 valence electrons. The molecule has 43 heavy (non-hydrogen) atoms. The number of aliphatic hydroxyl groups excluding tert-OH is 1. The maximum atomic E-state index is 14.0. The van der Waals surface area contributed by atoms with Gasteiger partial charge in [0.2, 0.25) is 5.91 Å². The lowest BCUT2D eigenvalue weighted by atomic mass is 9.71. The van der Waals surface area contributed by atoms with Gasteiger partial charge in [-0.1, -0.05) is 57.2 Å². The summed E-state index contributed by atoms with van der Waals surface area (Å²) in [6.07, 6.45) is 2.54. The number of amides is 3. The summed E-state index contributed by atoms with van der Waals surface area (Å²) < 4.78 is -0.557. The Bertz CT molecular complexity index is 1300. The maximum Gasteiger partial charge on any atom is 0.254 e. The van der Waals surface area contributed by atoms with Crippen LogP contribution in [-0.4, -0.2) is 67.7 Å². The Labute approximate surface area is 260 Å². The van der Waals surface area contributed by atoms with Crippen LogP contribution in [0.15, 0.2) is 48.5 Å². The van der Waals surface area contributed by atoms with Crippen LogP contribution in [0.4, 0.5) is 0 Å². The van der Waals surface area contributed by atoms with E-state index in [2.05, 4.69) is 31.4 Å². The first kappa shape index (κ1) is 32.9. The van der Waals surface area contributed by atoms with Crippen molar-refractivity contribution in [1.29, 1.82) is 0 Å². The van der Waals surface area contributed by atoms with Crippen LogP contribution in [0.1, 0.15) is 81.8 Å². The number of thioether (sulfide) groups is 1. The first-order valence-corrected chi connectivity index (χ1v) is 16.2. The van der Waals surface area contributed by atoms with Crippen molar-refractivity contribution in [2.24, 2.45) is 11.3 Å². The highest BCUT2D eigenvalue weighted by atomic mass is 32.2. The molecule has 8 nitrogen and oxygen atoms in total. The van der Waals surface area contributed by atoms with E-state index in [0.717, 1.165) is 31.2 Å². The summed E-state index contributed by atoms with van der Waals surface area (Å²) in [6, 6.07) is 12.3. The van der Waals surface area contributed by atoms with Crippen molar-refractivity contribution < 1.29 is 24.6 Å². The third-order valence-electron chi connectivity index (χ3n) is 9.17. The van der Waals surface area contributed by atoms with Crippen LogP contribution in [0, 0.1) is 18.3 Å². The van der Waals surface area contributed by atoms with Crippen molar-refractivity contribution in [3.63, 3.8) is 0 Å². The van der Waals surface area contributed by atoms with Gasteiger partial charge >= 0.3 is 0 Å². The van der Waals surface area contributed by atoms with Crippen LogP contribution < -0.4 is 10.6 Å². The van der Waals surface area contributed by atoms with Gasteiger partial charge in [-0.15, -0.1) is 11.8 Å². The lowest BCUT2D eigenvalue weighted by Crippen LogP contribution is -2.59. The highest BCUT2D eigenvalue weighted by Gasteiger charge is 2.50. The SMILES string of the molecule is Cc1c(O)cccc1C(=O)N[C@@H](Cc1ccccc1)[C@H](O)C(=O)N1CSC(C)(C)[C@H]1C(=O)NC1CCC(C(C)(C)C)CC1. The molecule has 1 saturated carbocycles. The van der Waals surface area contributed by atoms with E-state index in [-0.39, 0.29) is 41.0 Å². The minimum Gasteiger partial charge on any atom is -0.508 e. The Morgan fingerprint density at radius 3 is 2.30 bits per heavy atom. The second kappa shape index (κ2) is 13.3. The first-order chi connectivity index (χ1) is 20.2. The van der Waals surface area contributed by atoms with Crippen molar-refractivity contribution in [1.82, 2.24) is 15.5 Å². The van der Waals surface area contributed by atoms with Crippen LogP contribution in [-0.2, 0) is 16.0 Å². The van der Waals surface area contributed by atoms with Crippen LogP contribution in [0.25, 0.3) is 0 Å². The zero-order chi connectivity index (χ0) is 31.5. The second-order valence-corrected chi connectivity index (χ2v) is 15.3. The fourth-order valence-electron chi connectivity index (χ4n) is 6.36. The molecule has 0 bridgehead atoms. The number of carbonyl (C=O) groups is 3. The molecule has 2 aromatic carbocycles. The molecule has 1 aliphatic heterocycles. The molecular formula is C34H47N3O5S. The fourth-order valence-corrected chi connectivity index (χ4v) is 7.50. The molecule has 2 aromatic rings. The fraction of sp³-hybridized carbons (Fsp3) is 0.559. The Kier molecular flexibility index (Phi) is 10.2. The molecule has 3 amide bonds. The summed E-state index contributed by atoms with van der Waals surface area (Å²) in [7, 11) is 0. The highest BCUT2D eigenvalue weighted by Crippen LogP contribution is 2.41. The number of aromatic hydroxyl groups is 1. The molecule has 1 aliphatic carbocycles. The largest absolute Gasteiger partial charge is 0.508 e. The molecule has 3 atom stereocenters. The quantitative estimate of drug-likeness (QED) is 0.341. The molecular weight excluding hydrogens is 562 g/mol. The van der Waals surface area contributed by atoms with E-state index in [0.29, 0.717) is 11.5 Å². The first-order valence-electron chi connectivity index (χ1n) is 15.2. The predicted octanol–water partition coefficient (Wildman–Crippen LogP) is 4.80. The van der Waals surface area contributed by atoms with Crippen LogP contribution in [0.2, 0.25) is 0 Å². The third kappa shape index (κ3) is 7.73. The Hall–Kier alpha value is -3.04. The van der Waals surface area contributed by atoms with Gasteiger partial charge in [0.1, 0.15) is 11.8 Å². The number of carbonyl (C=O) groups excluding carboxylic acids is 3. The third-order valence-corrected chi connectivity index (χ3v) is 10.5. The molecule has 0 aromatic heterocycles. The van der Waals surface area contributed by atoms with Gasteiger partial charge in [-0.05, 0) is 81.9 Å². The van der Waals surface area contributed by atoms with E-state index in [1.54, 1.807) is 19.1 Å². The average molecular weight is 610 g/mol. The van der Waals surface area contributed by atoms with E-state index in [1.165, 1.54) is 22.7 Å². The number of phenols is 1. The number of aliphatic hydroxyl groups is 1. The Balaban J connectivity index is 1.52. The summed E-state index contributed by atoms with van der Waals surface area (Å²) in [4.78, 5) is 42.5. The van der Waals surface area contributed by atoms with Crippen LogP contribution in [0.3, 0.4) is 0 Å². The smallest absolute Gasteiger partial charge is 0.254 e. The van der Waals surface area contributed by atoms with Gasteiger partial charge in [-0.2, -0.15) is 0 Å². The van der Waals surface area contributed by atoms with E-state index >= 15 is 0 Å². The number of nitrogens with zero attached hydrogens (tertiary/aromatic N) is 1. The number of phenolic OH excluding ortho intramolecular Hbond substituents is 1. The molecule has 1 heterocycles. The zero-order valence-electron chi connectivity index (χ0n) is 26.2. The number of hydrogen-bond donors (Lipinski definition) is 4. The molecule has 0 radical (unpaired) electrons. The normalized spacial score (nSPS) is 23.3.